The zero-order chi connectivity index (χ0) is 19.2. The van der Waals surface area contributed by atoms with E-state index < -0.39 is 0 Å². The normalized spacial score (nSPS) is 20.2. The molecule has 2 N–H and O–H groups in total. The van der Waals surface area contributed by atoms with Gasteiger partial charge in [-0.3, -0.25) is 14.5 Å². The highest BCUT2D eigenvalue weighted by molar-refractivity contribution is 6.04. The van der Waals surface area contributed by atoms with E-state index in [4.69, 9.17) is 9.15 Å². The second-order valence-electron chi connectivity index (χ2n) is 6.81. The molecule has 1 fully saturated rings. The van der Waals surface area contributed by atoms with Gasteiger partial charge in [0, 0.05) is 13.1 Å². The second kappa shape index (κ2) is 8.83. The van der Waals surface area contributed by atoms with Crippen molar-refractivity contribution in [3.63, 3.8) is 0 Å². The summed E-state index contributed by atoms with van der Waals surface area (Å²) in [4.78, 5) is 27.0. The molecule has 144 valence electrons. The van der Waals surface area contributed by atoms with Crippen molar-refractivity contribution in [3.05, 3.63) is 54.0 Å². The van der Waals surface area contributed by atoms with Crippen LogP contribution in [0, 0.1) is 0 Å². The van der Waals surface area contributed by atoms with E-state index in [2.05, 4.69) is 15.5 Å². The first-order chi connectivity index (χ1) is 13.0. The Morgan fingerprint density at radius 3 is 2.56 bits per heavy atom. The molecule has 0 unspecified atom stereocenters. The topological polar surface area (TPSA) is 83.8 Å². The summed E-state index contributed by atoms with van der Waals surface area (Å²) in [6, 6.07) is 10.5. The van der Waals surface area contributed by atoms with E-state index in [0.29, 0.717) is 30.1 Å². The fourth-order valence-electron chi connectivity index (χ4n) is 3.27. The molecule has 1 aromatic carbocycles. The first-order valence-electron chi connectivity index (χ1n) is 9.08. The number of rotatable bonds is 6. The third-order valence-electron chi connectivity index (χ3n) is 4.31. The van der Waals surface area contributed by atoms with Gasteiger partial charge < -0.3 is 19.8 Å². The van der Waals surface area contributed by atoms with Gasteiger partial charge in [-0.2, -0.15) is 0 Å². The Labute approximate surface area is 158 Å². The van der Waals surface area contributed by atoms with Crippen LogP contribution in [0.15, 0.2) is 47.1 Å². The van der Waals surface area contributed by atoms with Crippen LogP contribution in [0.1, 0.15) is 30.0 Å². The highest BCUT2D eigenvalue weighted by atomic mass is 16.5. The molecule has 1 saturated heterocycles. The van der Waals surface area contributed by atoms with E-state index in [1.165, 1.54) is 0 Å². The summed E-state index contributed by atoms with van der Waals surface area (Å²) < 4.78 is 10.9. The van der Waals surface area contributed by atoms with Gasteiger partial charge in [0.25, 0.3) is 5.91 Å². The molecule has 1 aliphatic heterocycles. The highest BCUT2D eigenvalue weighted by Gasteiger charge is 2.24. The minimum absolute atomic E-state index is 0.0983. The number of carbonyl (C=O) groups is 2. The van der Waals surface area contributed by atoms with Crippen LogP contribution < -0.4 is 10.6 Å². The molecule has 1 aromatic heterocycles. The number of nitrogens with zero attached hydrogens (tertiary/aromatic N) is 1. The predicted molar refractivity (Wildman–Crippen MR) is 101 cm³/mol. The number of para-hydroxylation sites is 1. The maximum Gasteiger partial charge on any atom is 0.253 e. The Bertz CT molecular complexity index is 765. The van der Waals surface area contributed by atoms with Gasteiger partial charge in [0.1, 0.15) is 5.76 Å². The zero-order valence-electron chi connectivity index (χ0n) is 15.6. The van der Waals surface area contributed by atoms with E-state index in [0.717, 1.165) is 0 Å². The predicted octanol–water partition coefficient (Wildman–Crippen LogP) is 2.26. The molecule has 0 bridgehead atoms. The molecule has 27 heavy (non-hydrogen) atoms. The van der Waals surface area contributed by atoms with E-state index >= 15 is 0 Å². The molecule has 2 aromatic rings. The molecular formula is C20H25N3O4. The first kappa shape index (κ1) is 19.1. The van der Waals surface area contributed by atoms with Gasteiger partial charge in [-0.25, -0.2) is 0 Å². The maximum absolute atomic E-state index is 12.5. The molecule has 2 heterocycles. The molecule has 1 aliphatic rings. The van der Waals surface area contributed by atoms with Gasteiger partial charge in [0.2, 0.25) is 5.91 Å². The summed E-state index contributed by atoms with van der Waals surface area (Å²) in [5, 5.41) is 5.65. The van der Waals surface area contributed by atoms with Crippen molar-refractivity contribution in [1.29, 1.82) is 0 Å². The van der Waals surface area contributed by atoms with Crippen molar-refractivity contribution in [2.45, 2.75) is 32.6 Å². The quantitative estimate of drug-likeness (QED) is 0.814. The first-order valence-corrected chi connectivity index (χ1v) is 9.08. The van der Waals surface area contributed by atoms with Crippen molar-refractivity contribution in [2.75, 3.05) is 25.0 Å². The summed E-state index contributed by atoms with van der Waals surface area (Å²) in [5.74, 6) is 0.249. The van der Waals surface area contributed by atoms with E-state index in [9.17, 15) is 9.59 Å². The molecular weight excluding hydrogens is 346 g/mol. The number of ether oxygens (including phenoxy) is 1. The molecule has 2 amide bonds. The van der Waals surface area contributed by atoms with Crippen molar-refractivity contribution in [1.82, 2.24) is 10.2 Å². The fourth-order valence-corrected chi connectivity index (χ4v) is 3.27. The van der Waals surface area contributed by atoms with Crippen LogP contribution in [0.25, 0.3) is 0 Å². The van der Waals surface area contributed by atoms with Crippen LogP contribution in [-0.2, 0) is 16.1 Å². The molecule has 0 aliphatic carbocycles. The Balaban J connectivity index is 1.59. The Morgan fingerprint density at radius 1 is 1.11 bits per heavy atom. The average Bonchev–Trinajstić information content (AvgIpc) is 3.12. The Hall–Kier alpha value is -2.64. The van der Waals surface area contributed by atoms with Crippen LogP contribution in [0.3, 0.4) is 0 Å². The lowest BCUT2D eigenvalue weighted by atomic mass is 10.1. The van der Waals surface area contributed by atoms with E-state index in [1.807, 2.05) is 13.8 Å². The molecule has 3 rings (SSSR count). The third kappa shape index (κ3) is 5.42. The number of nitrogens with one attached hydrogen (secondary N) is 2. The number of hydrogen-bond donors (Lipinski definition) is 2. The molecule has 7 nitrogen and oxygen atoms in total. The zero-order valence-corrected chi connectivity index (χ0v) is 15.6. The van der Waals surface area contributed by atoms with Crippen LogP contribution in [0.4, 0.5) is 5.69 Å². The number of carbonyl (C=O) groups excluding carboxylic acids is 2. The number of hydrogen-bond acceptors (Lipinski definition) is 5. The van der Waals surface area contributed by atoms with Gasteiger partial charge in [-0.15, -0.1) is 0 Å². The SMILES string of the molecule is C[C@@H]1CN(CC(=O)Nc2ccccc2C(=O)NCc2ccco2)C[C@H](C)O1. The lowest BCUT2D eigenvalue weighted by Crippen LogP contribution is -2.48. The Kier molecular flexibility index (Phi) is 6.26. The summed E-state index contributed by atoms with van der Waals surface area (Å²) in [5.41, 5.74) is 0.912. The third-order valence-corrected chi connectivity index (χ3v) is 4.31. The van der Waals surface area contributed by atoms with E-state index in [1.54, 1.807) is 42.7 Å². The van der Waals surface area contributed by atoms with Crippen LogP contribution in [0.2, 0.25) is 0 Å². The number of anilines is 1. The molecule has 0 radical (unpaired) electrons. The van der Waals surface area contributed by atoms with Crippen LogP contribution in [0.5, 0.6) is 0 Å². The standard InChI is InChI=1S/C20H25N3O4/c1-14-11-23(12-15(2)27-14)13-19(24)22-18-8-4-3-7-17(18)20(25)21-10-16-6-5-9-26-16/h3-9,14-15H,10-13H2,1-2H3,(H,21,25)(H,22,24)/t14-,15+. The van der Waals surface area contributed by atoms with Crippen molar-refractivity contribution < 1.29 is 18.7 Å². The van der Waals surface area contributed by atoms with Gasteiger partial charge >= 0.3 is 0 Å². The highest BCUT2D eigenvalue weighted by Crippen LogP contribution is 2.16. The smallest absolute Gasteiger partial charge is 0.253 e. The van der Waals surface area contributed by atoms with Crippen molar-refractivity contribution in [3.8, 4) is 0 Å². The summed E-state index contributed by atoms with van der Waals surface area (Å²) >= 11 is 0. The average molecular weight is 371 g/mol. The van der Waals surface area contributed by atoms with E-state index in [-0.39, 0.29) is 37.1 Å². The maximum atomic E-state index is 12.5. The molecule has 0 saturated carbocycles. The Morgan fingerprint density at radius 2 is 1.85 bits per heavy atom. The number of morpholine rings is 1. The minimum Gasteiger partial charge on any atom is -0.467 e. The van der Waals surface area contributed by atoms with Crippen molar-refractivity contribution in [2.24, 2.45) is 0 Å². The summed E-state index contributed by atoms with van der Waals surface area (Å²) in [6.45, 7) is 5.97. The van der Waals surface area contributed by atoms with Gasteiger partial charge in [-0.1, -0.05) is 12.1 Å². The van der Waals surface area contributed by atoms with Gasteiger partial charge in [-0.05, 0) is 38.1 Å². The summed E-state index contributed by atoms with van der Waals surface area (Å²) in [7, 11) is 0. The van der Waals surface area contributed by atoms with Crippen molar-refractivity contribution >= 4 is 17.5 Å². The minimum atomic E-state index is -0.268. The molecule has 2 atom stereocenters. The molecule has 0 spiro atoms. The monoisotopic (exact) mass is 371 g/mol. The summed E-state index contributed by atoms with van der Waals surface area (Å²) in [6.07, 6.45) is 1.76. The fraction of sp³-hybridized carbons (Fsp3) is 0.400. The molecule has 7 heteroatoms. The second-order valence-corrected chi connectivity index (χ2v) is 6.81. The largest absolute Gasteiger partial charge is 0.467 e. The van der Waals surface area contributed by atoms with Gasteiger partial charge in [0.05, 0.1) is 42.8 Å². The number of benzene rings is 1. The van der Waals surface area contributed by atoms with Gasteiger partial charge in [0.15, 0.2) is 0 Å². The van der Waals surface area contributed by atoms with Crippen LogP contribution in [-0.4, -0.2) is 48.6 Å². The van der Waals surface area contributed by atoms with Crippen LogP contribution >= 0.6 is 0 Å². The number of furan rings is 1. The number of amides is 2. The lowest BCUT2D eigenvalue weighted by molar-refractivity contribution is -0.121. The lowest BCUT2D eigenvalue weighted by Gasteiger charge is -2.34.